The Bertz CT molecular complexity index is 442. The first-order chi connectivity index (χ1) is 9.47. The van der Waals surface area contributed by atoms with E-state index in [2.05, 4.69) is 62.1 Å². The van der Waals surface area contributed by atoms with E-state index in [9.17, 15) is 0 Å². The number of hydrogen-bond acceptors (Lipinski definition) is 4. The van der Waals surface area contributed by atoms with Crippen LogP contribution in [0, 0.1) is 6.92 Å². The van der Waals surface area contributed by atoms with Crippen molar-refractivity contribution >= 4 is 5.82 Å². The van der Waals surface area contributed by atoms with Gasteiger partial charge in [-0.05, 0) is 39.1 Å². The van der Waals surface area contributed by atoms with Crippen LogP contribution in [0.15, 0.2) is 12.1 Å². The van der Waals surface area contributed by atoms with Crippen molar-refractivity contribution in [3.05, 3.63) is 23.4 Å². The van der Waals surface area contributed by atoms with Gasteiger partial charge in [0.25, 0.3) is 0 Å². The molecule has 2 heterocycles. The third-order valence-corrected chi connectivity index (χ3v) is 4.10. The van der Waals surface area contributed by atoms with Gasteiger partial charge in [0, 0.05) is 37.4 Å². The molecular weight excluding hydrogens is 248 g/mol. The number of nitrogens with one attached hydrogen (secondary N) is 1. The molecule has 1 N–H and O–H groups in total. The fraction of sp³-hybridized carbons (Fsp3) is 0.688. The molecule has 1 aromatic rings. The summed E-state index contributed by atoms with van der Waals surface area (Å²) in [5, 5.41) is 3.45. The molecule has 1 fully saturated rings. The number of aryl methyl sites for hydroxylation is 1. The van der Waals surface area contributed by atoms with Crippen molar-refractivity contribution in [1.82, 2.24) is 15.2 Å². The lowest BCUT2D eigenvalue weighted by atomic mass is 10.2. The number of hydrogen-bond donors (Lipinski definition) is 1. The Morgan fingerprint density at radius 2 is 2.15 bits per heavy atom. The maximum Gasteiger partial charge on any atom is 0.128 e. The molecule has 4 nitrogen and oxygen atoms in total. The van der Waals surface area contributed by atoms with Crippen molar-refractivity contribution in [2.75, 3.05) is 32.1 Å². The highest BCUT2D eigenvalue weighted by atomic mass is 15.3. The quantitative estimate of drug-likeness (QED) is 0.891. The maximum absolute atomic E-state index is 4.79. The molecule has 0 bridgehead atoms. The van der Waals surface area contributed by atoms with Crippen LogP contribution >= 0.6 is 0 Å². The first kappa shape index (κ1) is 15.3. The predicted molar refractivity (Wildman–Crippen MR) is 85.3 cm³/mol. The maximum atomic E-state index is 4.79. The second-order valence-corrected chi connectivity index (χ2v) is 6.30. The van der Waals surface area contributed by atoms with Crippen molar-refractivity contribution in [3.63, 3.8) is 0 Å². The zero-order chi connectivity index (χ0) is 14.7. The van der Waals surface area contributed by atoms with Crippen LogP contribution in [-0.4, -0.2) is 49.2 Å². The van der Waals surface area contributed by atoms with Crippen molar-refractivity contribution in [1.29, 1.82) is 0 Å². The minimum absolute atomic E-state index is 0.508. The highest BCUT2D eigenvalue weighted by molar-refractivity contribution is 5.43. The molecule has 0 aliphatic carbocycles. The largest absolute Gasteiger partial charge is 0.355 e. The van der Waals surface area contributed by atoms with Crippen molar-refractivity contribution in [3.8, 4) is 0 Å². The third-order valence-electron chi connectivity index (χ3n) is 4.10. The topological polar surface area (TPSA) is 31.4 Å². The highest BCUT2D eigenvalue weighted by Crippen LogP contribution is 2.21. The van der Waals surface area contributed by atoms with Crippen LogP contribution in [0.3, 0.4) is 0 Å². The number of rotatable bonds is 5. The number of aromatic nitrogens is 1. The van der Waals surface area contributed by atoms with Gasteiger partial charge in [-0.2, -0.15) is 0 Å². The zero-order valence-electron chi connectivity index (χ0n) is 13.5. The summed E-state index contributed by atoms with van der Waals surface area (Å²) in [5.74, 6) is 1.13. The van der Waals surface area contributed by atoms with E-state index in [0.717, 1.165) is 31.1 Å². The Morgan fingerprint density at radius 1 is 1.40 bits per heavy atom. The Labute approximate surface area is 123 Å². The Morgan fingerprint density at radius 3 is 2.70 bits per heavy atom. The normalized spacial score (nSPS) is 19.4. The van der Waals surface area contributed by atoms with Gasteiger partial charge < -0.3 is 15.1 Å². The molecule has 1 aromatic heterocycles. The van der Waals surface area contributed by atoms with Crippen LogP contribution in [0.4, 0.5) is 5.82 Å². The van der Waals surface area contributed by atoms with Gasteiger partial charge in [0.2, 0.25) is 0 Å². The molecule has 1 atom stereocenters. The lowest BCUT2D eigenvalue weighted by molar-refractivity contribution is 0.315. The van der Waals surface area contributed by atoms with Crippen LogP contribution in [0.25, 0.3) is 0 Å². The molecule has 1 unspecified atom stereocenters. The lowest BCUT2D eigenvalue weighted by Crippen LogP contribution is -2.31. The van der Waals surface area contributed by atoms with Gasteiger partial charge in [0.05, 0.1) is 0 Å². The minimum Gasteiger partial charge on any atom is -0.355 e. The molecule has 112 valence electrons. The molecule has 0 aromatic carbocycles. The van der Waals surface area contributed by atoms with Crippen molar-refractivity contribution in [2.24, 2.45) is 0 Å². The predicted octanol–water partition coefficient (Wildman–Crippen LogP) is 2.03. The smallest absolute Gasteiger partial charge is 0.128 e. The van der Waals surface area contributed by atoms with E-state index in [4.69, 9.17) is 4.98 Å². The molecule has 1 aliphatic rings. The number of anilines is 1. The van der Waals surface area contributed by atoms with E-state index < -0.39 is 0 Å². The highest BCUT2D eigenvalue weighted by Gasteiger charge is 2.24. The van der Waals surface area contributed by atoms with Gasteiger partial charge in [-0.3, -0.25) is 0 Å². The monoisotopic (exact) mass is 276 g/mol. The molecule has 1 aliphatic heterocycles. The fourth-order valence-electron chi connectivity index (χ4n) is 2.63. The second kappa shape index (κ2) is 6.55. The standard InChI is InChI=1S/C16H28N4/c1-12(2)17-10-14-6-7-16(18-13(14)3)20-9-8-15(11-20)19(4)5/h6-7,12,15,17H,8-11H2,1-5H3. The van der Waals surface area contributed by atoms with Gasteiger partial charge >= 0.3 is 0 Å². The average Bonchev–Trinajstić information content (AvgIpc) is 2.86. The number of nitrogens with zero attached hydrogens (tertiary/aromatic N) is 3. The third kappa shape index (κ3) is 3.70. The fourth-order valence-corrected chi connectivity index (χ4v) is 2.63. The van der Waals surface area contributed by atoms with E-state index in [0.29, 0.717) is 12.1 Å². The average molecular weight is 276 g/mol. The van der Waals surface area contributed by atoms with Gasteiger partial charge in [0.15, 0.2) is 0 Å². The molecule has 0 saturated carbocycles. The van der Waals surface area contributed by atoms with E-state index in [1.807, 2.05) is 0 Å². The van der Waals surface area contributed by atoms with E-state index in [1.54, 1.807) is 0 Å². The van der Waals surface area contributed by atoms with E-state index >= 15 is 0 Å². The molecule has 20 heavy (non-hydrogen) atoms. The summed E-state index contributed by atoms with van der Waals surface area (Å²) in [4.78, 5) is 9.51. The van der Waals surface area contributed by atoms with Gasteiger partial charge in [-0.1, -0.05) is 19.9 Å². The molecular formula is C16H28N4. The van der Waals surface area contributed by atoms with Crippen LogP contribution in [0.2, 0.25) is 0 Å². The van der Waals surface area contributed by atoms with Gasteiger partial charge in [0.1, 0.15) is 5.82 Å². The molecule has 2 rings (SSSR count). The first-order valence-corrected chi connectivity index (χ1v) is 7.58. The lowest BCUT2D eigenvalue weighted by Gasteiger charge is -2.22. The van der Waals surface area contributed by atoms with Crippen LogP contribution in [0.5, 0.6) is 0 Å². The first-order valence-electron chi connectivity index (χ1n) is 7.58. The minimum atomic E-state index is 0.508. The summed E-state index contributed by atoms with van der Waals surface area (Å²) in [6, 6.07) is 5.55. The van der Waals surface area contributed by atoms with Gasteiger partial charge in [-0.15, -0.1) is 0 Å². The Kier molecular flexibility index (Phi) is 5.00. The summed E-state index contributed by atoms with van der Waals surface area (Å²) >= 11 is 0. The molecule has 0 amide bonds. The summed E-state index contributed by atoms with van der Waals surface area (Å²) in [6.07, 6.45) is 1.23. The van der Waals surface area contributed by atoms with Gasteiger partial charge in [-0.25, -0.2) is 4.98 Å². The van der Waals surface area contributed by atoms with Crippen LogP contribution < -0.4 is 10.2 Å². The molecule has 4 heteroatoms. The Hall–Kier alpha value is -1.13. The molecule has 0 radical (unpaired) electrons. The summed E-state index contributed by atoms with van der Waals surface area (Å²) in [7, 11) is 4.32. The van der Waals surface area contributed by atoms with E-state index in [-0.39, 0.29) is 0 Å². The summed E-state index contributed by atoms with van der Waals surface area (Å²) < 4.78 is 0. The van der Waals surface area contributed by atoms with E-state index in [1.165, 1.54) is 12.0 Å². The summed E-state index contributed by atoms with van der Waals surface area (Å²) in [5.41, 5.74) is 2.44. The number of likely N-dealkylation sites (N-methyl/N-ethyl adjacent to an activating group) is 1. The number of pyridine rings is 1. The SMILES string of the molecule is Cc1nc(N2CCC(N(C)C)C2)ccc1CNC(C)C. The van der Waals surface area contributed by atoms with Crippen molar-refractivity contribution < 1.29 is 0 Å². The van der Waals surface area contributed by atoms with Crippen LogP contribution in [0.1, 0.15) is 31.5 Å². The van der Waals surface area contributed by atoms with Crippen LogP contribution in [-0.2, 0) is 6.54 Å². The zero-order valence-corrected chi connectivity index (χ0v) is 13.5. The summed E-state index contributed by atoms with van der Waals surface area (Å²) in [6.45, 7) is 9.55. The Balaban J connectivity index is 2.02. The molecule has 0 spiro atoms. The molecule has 1 saturated heterocycles. The van der Waals surface area contributed by atoms with Crippen molar-refractivity contribution in [2.45, 2.75) is 45.8 Å². The second-order valence-electron chi connectivity index (χ2n) is 6.30.